The van der Waals surface area contributed by atoms with Gasteiger partial charge in [-0.15, -0.1) is 0 Å². The molecule has 1 aromatic carbocycles. The molecule has 1 amide bonds. The van der Waals surface area contributed by atoms with Gasteiger partial charge in [0.25, 0.3) is 5.91 Å². The lowest BCUT2D eigenvalue weighted by molar-refractivity contribution is -0.142. The molecular weight excluding hydrogens is 256 g/mol. The van der Waals surface area contributed by atoms with Gasteiger partial charge < -0.3 is 15.4 Å². The Hall–Kier alpha value is -1.88. The first-order valence-electron chi connectivity index (χ1n) is 6.97. The molecule has 1 aliphatic rings. The summed E-state index contributed by atoms with van der Waals surface area (Å²) in [5, 5.41) is 6.06. The summed E-state index contributed by atoms with van der Waals surface area (Å²) < 4.78 is 4.82. The molecule has 20 heavy (non-hydrogen) atoms. The largest absolute Gasteiger partial charge is 0.466 e. The molecule has 0 spiro atoms. The molecule has 0 bridgehead atoms. The molecule has 0 saturated heterocycles. The Bertz CT molecular complexity index is 500. The van der Waals surface area contributed by atoms with Gasteiger partial charge in [-0.2, -0.15) is 0 Å². The molecule has 0 atom stereocenters. The molecule has 2 N–H and O–H groups in total. The van der Waals surface area contributed by atoms with Gasteiger partial charge in [0.05, 0.1) is 13.0 Å². The van der Waals surface area contributed by atoms with Crippen LogP contribution in [0.15, 0.2) is 18.2 Å². The number of rotatable bonds is 5. The Morgan fingerprint density at radius 2 is 2.25 bits per heavy atom. The number of hydrogen-bond acceptors (Lipinski definition) is 4. The van der Waals surface area contributed by atoms with Crippen LogP contribution in [0.5, 0.6) is 0 Å². The second-order valence-electron chi connectivity index (χ2n) is 4.68. The Labute approximate surface area is 118 Å². The van der Waals surface area contributed by atoms with Crippen molar-refractivity contribution in [1.29, 1.82) is 0 Å². The summed E-state index contributed by atoms with van der Waals surface area (Å²) in [6, 6.07) is 5.77. The average Bonchev–Trinajstić information content (AvgIpc) is 2.47. The number of nitrogens with one attached hydrogen (secondary N) is 2. The van der Waals surface area contributed by atoms with Crippen molar-refractivity contribution in [2.24, 2.45) is 0 Å². The van der Waals surface area contributed by atoms with E-state index in [1.54, 1.807) is 6.92 Å². The van der Waals surface area contributed by atoms with E-state index < -0.39 is 0 Å². The van der Waals surface area contributed by atoms with Crippen LogP contribution in [0.1, 0.15) is 34.8 Å². The molecule has 1 heterocycles. The van der Waals surface area contributed by atoms with E-state index in [0.717, 1.165) is 25.1 Å². The molecule has 2 rings (SSSR count). The normalized spacial score (nSPS) is 13.4. The van der Waals surface area contributed by atoms with E-state index in [9.17, 15) is 9.59 Å². The summed E-state index contributed by atoms with van der Waals surface area (Å²) in [4.78, 5) is 23.4. The van der Waals surface area contributed by atoms with E-state index in [0.29, 0.717) is 18.7 Å². The predicted octanol–water partition coefficient (Wildman–Crippen LogP) is 1.02. The fourth-order valence-corrected chi connectivity index (χ4v) is 2.35. The van der Waals surface area contributed by atoms with Crippen LogP contribution in [0.4, 0.5) is 0 Å². The first-order valence-corrected chi connectivity index (χ1v) is 6.97. The van der Waals surface area contributed by atoms with Crippen LogP contribution in [0.25, 0.3) is 0 Å². The lowest BCUT2D eigenvalue weighted by Crippen LogP contribution is -2.30. The molecular formula is C15H20N2O3. The summed E-state index contributed by atoms with van der Waals surface area (Å²) >= 11 is 0. The van der Waals surface area contributed by atoms with E-state index in [1.807, 2.05) is 18.2 Å². The second-order valence-corrected chi connectivity index (χ2v) is 4.68. The molecule has 5 nitrogen and oxygen atoms in total. The van der Waals surface area contributed by atoms with Gasteiger partial charge in [-0.3, -0.25) is 9.59 Å². The van der Waals surface area contributed by atoms with E-state index in [4.69, 9.17) is 4.74 Å². The highest BCUT2D eigenvalue weighted by Gasteiger charge is 2.17. The van der Waals surface area contributed by atoms with Crippen LogP contribution in [-0.4, -0.2) is 31.6 Å². The number of ether oxygens (including phenoxy) is 1. The van der Waals surface area contributed by atoms with Crippen LogP contribution in [0.2, 0.25) is 0 Å². The Balaban J connectivity index is 1.94. The van der Waals surface area contributed by atoms with Gasteiger partial charge in [-0.05, 0) is 37.1 Å². The van der Waals surface area contributed by atoms with Crippen LogP contribution in [-0.2, 0) is 22.5 Å². The average molecular weight is 276 g/mol. The fourth-order valence-electron chi connectivity index (χ4n) is 2.35. The molecule has 0 radical (unpaired) electrons. The highest BCUT2D eigenvalue weighted by molar-refractivity contribution is 5.96. The van der Waals surface area contributed by atoms with Gasteiger partial charge in [0.15, 0.2) is 0 Å². The molecule has 108 valence electrons. The Morgan fingerprint density at radius 3 is 3.05 bits per heavy atom. The summed E-state index contributed by atoms with van der Waals surface area (Å²) in [7, 11) is 0. The van der Waals surface area contributed by atoms with Crippen LogP contribution in [0.3, 0.4) is 0 Å². The standard InChI is InChI=1S/C15H20N2O3/c1-2-20-14(18)7-9-17-15(19)13-5-3-4-11-10-16-8-6-12(11)13/h3-5,16H,2,6-10H2,1H3,(H,17,19). The van der Waals surface area contributed by atoms with Crippen LogP contribution >= 0.6 is 0 Å². The van der Waals surface area contributed by atoms with Crippen LogP contribution in [0, 0.1) is 0 Å². The SMILES string of the molecule is CCOC(=O)CCNC(=O)c1cccc2c1CCNC2. The number of esters is 1. The van der Waals surface area contributed by atoms with Crippen molar-refractivity contribution in [2.45, 2.75) is 26.3 Å². The third-order valence-corrected chi connectivity index (χ3v) is 3.30. The maximum absolute atomic E-state index is 12.2. The zero-order valence-corrected chi connectivity index (χ0v) is 11.7. The smallest absolute Gasteiger partial charge is 0.307 e. The first-order chi connectivity index (χ1) is 9.72. The van der Waals surface area contributed by atoms with E-state index in [1.165, 1.54) is 5.56 Å². The van der Waals surface area contributed by atoms with Crippen molar-refractivity contribution in [3.05, 3.63) is 34.9 Å². The second kappa shape index (κ2) is 7.05. The minimum atomic E-state index is -0.285. The van der Waals surface area contributed by atoms with Gasteiger partial charge >= 0.3 is 5.97 Å². The molecule has 0 fully saturated rings. The van der Waals surface area contributed by atoms with Gasteiger partial charge in [-0.25, -0.2) is 0 Å². The Kier molecular flexibility index (Phi) is 5.12. The molecule has 0 saturated carbocycles. The number of amides is 1. The minimum absolute atomic E-state index is 0.118. The molecule has 0 unspecified atom stereocenters. The number of carbonyl (C=O) groups excluding carboxylic acids is 2. The van der Waals surface area contributed by atoms with E-state index >= 15 is 0 Å². The lowest BCUT2D eigenvalue weighted by Gasteiger charge is -2.19. The van der Waals surface area contributed by atoms with Crippen molar-refractivity contribution >= 4 is 11.9 Å². The zero-order valence-electron chi connectivity index (χ0n) is 11.7. The monoisotopic (exact) mass is 276 g/mol. The highest BCUT2D eigenvalue weighted by Crippen LogP contribution is 2.18. The molecule has 0 aliphatic carbocycles. The quantitative estimate of drug-likeness (QED) is 0.788. The zero-order chi connectivity index (χ0) is 14.4. The van der Waals surface area contributed by atoms with Crippen molar-refractivity contribution < 1.29 is 14.3 Å². The number of hydrogen-bond donors (Lipinski definition) is 2. The maximum atomic E-state index is 12.2. The summed E-state index contributed by atoms with van der Waals surface area (Å²) in [5.74, 6) is -0.403. The third-order valence-electron chi connectivity index (χ3n) is 3.30. The first kappa shape index (κ1) is 14.5. The molecule has 1 aromatic rings. The van der Waals surface area contributed by atoms with Crippen molar-refractivity contribution in [2.75, 3.05) is 19.7 Å². The van der Waals surface area contributed by atoms with E-state index in [2.05, 4.69) is 10.6 Å². The molecule has 1 aliphatic heterocycles. The van der Waals surface area contributed by atoms with Crippen molar-refractivity contribution in [3.63, 3.8) is 0 Å². The summed E-state index contributed by atoms with van der Waals surface area (Å²) in [6.07, 6.45) is 1.06. The van der Waals surface area contributed by atoms with Crippen LogP contribution < -0.4 is 10.6 Å². The van der Waals surface area contributed by atoms with Crippen molar-refractivity contribution in [1.82, 2.24) is 10.6 Å². The lowest BCUT2D eigenvalue weighted by atomic mass is 9.95. The molecule has 5 heteroatoms. The predicted molar refractivity (Wildman–Crippen MR) is 75.4 cm³/mol. The highest BCUT2D eigenvalue weighted by atomic mass is 16.5. The summed E-state index contributed by atoms with van der Waals surface area (Å²) in [5.41, 5.74) is 3.00. The number of carbonyl (C=O) groups is 2. The minimum Gasteiger partial charge on any atom is -0.466 e. The molecule has 0 aromatic heterocycles. The van der Waals surface area contributed by atoms with E-state index in [-0.39, 0.29) is 18.3 Å². The topological polar surface area (TPSA) is 67.4 Å². The van der Waals surface area contributed by atoms with Gasteiger partial charge in [0.1, 0.15) is 0 Å². The number of benzene rings is 1. The maximum Gasteiger partial charge on any atom is 0.307 e. The van der Waals surface area contributed by atoms with Gasteiger partial charge in [-0.1, -0.05) is 12.1 Å². The summed E-state index contributed by atoms with van der Waals surface area (Å²) in [6.45, 7) is 4.13. The van der Waals surface area contributed by atoms with Crippen molar-refractivity contribution in [3.8, 4) is 0 Å². The van der Waals surface area contributed by atoms with Gasteiger partial charge in [0, 0.05) is 18.7 Å². The van der Waals surface area contributed by atoms with Gasteiger partial charge in [0.2, 0.25) is 0 Å². The fraction of sp³-hybridized carbons (Fsp3) is 0.467. The third kappa shape index (κ3) is 3.57. The Morgan fingerprint density at radius 1 is 1.40 bits per heavy atom. The number of fused-ring (bicyclic) bond motifs is 1.